The zero-order chi connectivity index (χ0) is 13.6. The number of carboxylic acid groups (broad SMARTS) is 1. The Morgan fingerprint density at radius 2 is 2.17 bits per heavy atom. The molecular formula is C13H21N3O2. The summed E-state index contributed by atoms with van der Waals surface area (Å²) in [5.41, 5.74) is 0.938. The molecule has 2 N–H and O–H groups in total. The number of aliphatic carboxylic acids is 1. The van der Waals surface area contributed by atoms with Gasteiger partial charge in [-0.1, -0.05) is 13.8 Å². The maximum atomic E-state index is 10.5. The second-order valence-electron chi connectivity index (χ2n) is 5.26. The average molecular weight is 251 g/mol. The molecule has 0 bridgehead atoms. The van der Waals surface area contributed by atoms with Gasteiger partial charge >= 0.3 is 5.97 Å². The van der Waals surface area contributed by atoms with E-state index in [9.17, 15) is 4.79 Å². The van der Waals surface area contributed by atoms with Gasteiger partial charge in [-0.2, -0.15) is 0 Å². The molecule has 1 aromatic heterocycles. The molecule has 0 aliphatic rings. The van der Waals surface area contributed by atoms with Crippen LogP contribution in [0.25, 0.3) is 0 Å². The van der Waals surface area contributed by atoms with Crippen molar-refractivity contribution in [3.8, 4) is 0 Å². The molecule has 1 rings (SSSR count). The molecule has 0 amide bonds. The molecule has 0 fully saturated rings. The molecule has 0 unspecified atom stereocenters. The summed E-state index contributed by atoms with van der Waals surface area (Å²) in [5.74, 6) is -0.109. The van der Waals surface area contributed by atoms with Crippen LogP contribution in [0.3, 0.4) is 0 Å². The van der Waals surface area contributed by atoms with Gasteiger partial charge in [-0.25, -0.2) is 9.97 Å². The lowest BCUT2D eigenvalue weighted by atomic mass is 9.84. The second-order valence-corrected chi connectivity index (χ2v) is 5.26. The summed E-state index contributed by atoms with van der Waals surface area (Å²) < 4.78 is 0. The van der Waals surface area contributed by atoms with Crippen LogP contribution in [0.15, 0.2) is 12.3 Å². The van der Waals surface area contributed by atoms with Crippen molar-refractivity contribution in [3.05, 3.63) is 18.0 Å². The maximum absolute atomic E-state index is 10.5. The van der Waals surface area contributed by atoms with Crippen molar-refractivity contribution in [2.24, 2.45) is 5.41 Å². The van der Waals surface area contributed by atoms with Gasteiger partial charge in [-0.15, -0.1) is 0 Å². The fraction of sp³-hybridized carbons (Fsp3) is 0.615. The van der Waals surface area contributed by atoms with Crippen molar-refractivity contribution in [1.82, 2.24) is 9.97 Å². The quantitative estimate of drug-likeness (QED) is 0.778. The number of nitrogens with zero attached hydrogens (tertiary/aromatic N) is 2. The third-order valence-corrected chi connectivity index (χ3v) is 2.90. The summed E-state index contributed by atoms with van der Waals surface area (Å²) in [5, 5.41) is 11.8. The predicted octanol–water partition coefficient (Wildman–Crippen LogP) is 2.48. The first-order chi connectivity index (χ1) is 8.39. The van der Waals surface area contributed by atoms with Crippen LogP contribution >= 0.6 is 0 Å². The average Bonchev–Trinajstić information content (AvgIpc) is 2.26. The minimum absolute atomic E-state index is 0.00914. The van der Waals surface area contributed by atoms with Gasteiger partial charge in [0.15, 0.2) is 0 Å². The minimum atomic E-state index is -0.738. The minimum Gasteiger partial charge on any atom is -0.481 e. The van der Waals surface area contributed by atoms with E-state index in [4.69, 9.17) is 5.11 Å². The zero-order valence-corrected chi connectivity index (χ0v) is 11.2. The largest absolute Gasteiger partial charge is 0.481 e. The van der Waals surface area contributed by atoms with E-state index in [1.165, 1.54) is 0 Å². The zero-order valence-electron chi connectivity index (χ0n) is 11.2. The van der Waals surface area contributed by atoms with Gasteiger partial charge < -0.3 is 10.4 Å². The number of rotatable bonds is 7. The Hall–Kier alpha value is -1.65. The highest BCUT2D eigenvalue weighted by Crippen LogP contribution is 2.26. The van der Waals surface area contributed by atoms with Gasteiger partial charge in [0.1, 0.15) is 0 Å². The van der Waals surface area contributed by atoms with Gasteiger partial charge in [-0.3, -0.25) is 4.79 Å². The van der Waals surface area contributed by atoms with Crippen LogP contribution in [0, 0.1) is 12.3 Å². The summed E-state index contributed by atoms with van der Waals surface area (Å²) in [7, 11) is 0. The molecule has 0 aromatic carbocycles. The van der Waals surface area contributed by atoms with E-state index in [-0.39, 0.29) is 11.8 Å². The SMILES string of the molecule is Cc1ccnc(NCCC(C)(C)CCC(=O)O)n1. The van der Waals surface area contributed by atoms with Gasteiger partial charge in [0.2, 0.25) is 5.95 Å². The van der Waals surface area contributed by atoms with E-state index < -0.39 is 5.97 Å². The van der Waals surface area contributed by atoms with Crippen LogP contribution in [0.4, 0.5) is 5.95 Å². The lowest BCUT2D eigenvalue weighted by Gasteiger charge is -2.23. The highest BCUT2D eigenvalue weighted by Gasteiger charge is 2.18. The Balaban J connectivity index is 2.34. The van der Waals surface area contributed by atoms with E-state index in [1.54, 1.807) is 6.20 Å². The van der Waals surface area contributed by atoms with Gasteiger partial charge in [0.05, 0.1) is 0 Å². The van der Waals surface area contributed by atoms with E-state index >= 15 is 0 Å². The second kappa shape index (κ2) is 6.33. The molecule has 0 aliphatic carbocycles. The van der Waals surface area contributed by atoms with Crippen molar-refractivity contribution in [3.63, 3.8) is 0 Å². The van der Waals surface area contributed by atoms with Crippen molar-refractivity contribution < 1.29 is 9.90 Å². The Morgan fingerprint density at radius 1 is 1.44 bits per heavy atom. The van der Waals surface area contributed by atoms with Crippen LogP contribution < -0.4 is 5.32 Å². The summed E-state index contributed by atoms with van der Waals surface area (Å²) >= 11 is 0. The molecule has 100 valence electrons. The van der Waals surface area contributed by atoms with E-state index in [1.807, 2.05) is 13.0 Å². The topological polar surface area (TPSA) is 75.1 Å². The first-order valence-corrected chi connectivity index (χ1v) is 6.14. The summed E-state index contributed by atoms with van der Waals surface area (Å²) in [6, 6.07) is 1.85. The number of aryl methyl sites for hydroxylation is 1. The van der Waals surface area contributed by atoms with Crippen molar-refractivity contribution in [2.75, 3.05) is 11.9 Å². The highest BCUT2D eigenvalue weighted by atomic mass is 16.4. The molecule has 0 aliphatic heterocycles. The molecule has 0 spiro atoms. The maximum Gasteiger partial charge on any atom is 0.303 e. The first-order valence-electron chi connectivity index (χ1n) is 6.14. The fourth-order valence-corrected chi connectivity index (χ4v) is 1.62. The lowest BCUT2D eigenvalue weighted by Crippen LogP contribution is -2.19. The standard InChI is InChI=1S/C13H21N3O2/c1-10-5-8-14-12(16-10)15-9-7-13(2,3)6-4-11(17)18/h5,8H,4,6-7,9H2,1-3H3,(H,17,18)(H,14,15,16). The first kappa shape index (κ1) is 14.4. The third-order valence-electron chi connectivity index (χ3n) is 2.90. The fourth-order valence-electron chi connectivity index (χ4n) is 1.62. The van der Waals surface area contributed by atoms with Crippen LogP contribution in [-0.4, -0.2) is 27.6 Å². The highest BCUT2D eigenvalue weighted by molar-refractivity contribution is 5.66. The van der Waals surface area contributed by atoms with Crippen molar-refractivity contribution in [2.45, 2.75) is 40.0 Å². The molecule has 5 heteroatoms. The Kier molecular flexibility index (Phi) is 5.07. The number of anilines is 1. The Morgan fingerprint density at radius 3 is 2.78 bits per heavy atom. The molecule has 1 heterocycles. The number of carboxylic acids is 1. The molecule has 18 heavy (non-hydrogen) atoms. The molecule has 0 atom stereocenters. The third kappa shape index (κ3) is 5.61. The van der Waals surface area contributed by atoms with Crippen molar-refractivity contribution in [1.29, 1.82) is 0 Å². The van der Waals surface area contributed by atoms with Gasteiger partial charge in [-0.05, 0) is 31.2 Å². The number of hydrogen-bond donors (Lipinski definition) is 2. The number of carbonyl (C=O) groups is 1. The Labute approximate surface area is 108 Å². The summed E-state index contributed by atoms with van der Waals surface area (Å²) in [4.78, 5) is 18.9. The van der Waals surface area contributed by atoms with Crippen LogP contribution in [-0.2, 0) is 4.79 Å². The Bertz CT molecular complexity index is 405. The summed E-state index contributed by atoms with van der Waals surface area (Å²) in [6.07, 6.45) is 3.50. The normalized spacial score (nSPS) is 11.3. The van der Waals surface area contributed by atoms with Crippen molar-refractivity contribution >= 4 is 11.9 Å². The van der Waals surface area contributed by atoms with Crippen LogP contribution in [0.1, 0.15) is 38.8 Å². The predicted molar refractivity (Wildman–Crippen MR) is 70.5 cm³/mol. The van der Waals surface area contributed by atoms with Gasteiger partial charge in [0, 0.05) is 24.9 Å². The molecule has 0 saturated carbocycles. The van der Waals surface area contributed by atoms with Crippen LogP contribution in [0.5, 0.6) is 0 Å². The van der Waals surface area contributed by atoms with E-state index in [0.29, 0.717) is 12.4 Å². The number of nitrogens with one attached hydrogen (secondary N) is 1. The molecule has 0 radical (unpaired) electrons. The summed E-state index contributed by atoms with van der Waals surface area (Å²) in [6.45, 7) is 6.82. The number of aromatic nitrogens is 2. The van der Waals surface area contributed by atoms with E-state index in [2.05, 4.69) is 29.1 Å². The lowest BCUT2D eigenvalue weighted by molar-refractivity contribution is -0.137. The van der Waals surface area contributed by atoms with Crippen LogP contribution in [0.2, 0.25) is 0 Å². The monoisotopic (exact) mass is 251 g/mol. The molecule has 0 saturated heterocycles. The molecule has 5 nitrogen and oxygen atoms in total. The number of hydrogen-bond acceptors (Lipinski definition) is 4. The molecular weight excluding hydrogens is 230 g/mol. The van der Waals surface area contributed by atoms with Gasteiger partial charge in [0.25, 0.3) is 0 Å². The molecule has 1 aromatic rings. The van der Waals surface area contributed by atoms with E-state index in [0.717, 1.165) is 18.7 Å². The smallest absolute Gasteiger partial charge is 0.303 e.